The molecule has 2 heterocycles. The van der Waals surface area contributed by atoms with Gasteiger partial charge in [-0.15, -0.1) is 0 Å². The summed E-state index contributed by atoms with van der Waals surface area (Å²) in [6.07, 6.45) is -1.80. The molecule has 3 rings (SSSR count). The van der Waals surface area contributed by atoms with Crippen molar-refractivity contribution in [1.82, 2.24) is 19.9 Å². The Bertz CT molecular complexity index is 928. The SMILES string of the molecule is FC(F)(F)c1ccccc1C=Nn1c(-c2ccccn2)n[nH]c1=S. The van der Waals surface area contributed by atoms with E-state index in [4.69, 9.17) is 12.2 Å². The van der Waals surface area contributed by atoms with Gasteiger partial charge in [0.25, 0.3) is 0 Å². The minimum Gasteiger partial charge on any atom is -0.253 e. The first kappa shape index (κ1) is 16.1. The molecule has 3 aromatic rings. The Morgan fingerprint density at radius 3 is 2.58 bits per heavy atom. The zero-order valence-corrected chi connectivity index (χ0v) is 12.8. The molecule has 1 aromatic carbocycles. The van der Waals surface area contributed by atoms with Crippen LogP contribution in [0.15, 0.2) is 53.8 Å². The summed E-state index contributed by atoms with van der Waals surface area (Å²) in [6, 6.07) is 10.3. The van der Waals surface area contributed by atoms with Crippen molar-refractivity contribution in [2.75, 3.05) is 0 Å². The van der Waals surface area contributed by atoms with Gasteiger partial charge in [0, 0.05) is 11.8 Å². The predicted molar refractivity (Wildman–Crippen MR) is 85.1 cm³/mol. The van der Waals surface area contributed by atoms with Crippen LogP contribution in [0.2, 0.25) is 0 Å². The minimum atomic E-state index is -4.47. The van der Waals surface area contributed by atoms with E-state index in [0.717, 1.165) is 12.3 Å². The fraction of sp³-hybridized carbons (Fsp3) is 0.0667. The highest BCUT2D eigenvalue weighted by Crippen LogP contribution is 2.31. The van der Waals surface area contributed by atoms with Crippen molar-refractivity contribution in [1.29, 1.82) is 0 Å². The molecule has 0 fully saturated rings. The van der Waals surface area contributed by atoms with Crippen molar-refractivity contribution in [2.45, 2.75) is 6.18 Å². The van der Waals surface area contributed by atoms with Gasteiger partial charge in [-0.1, -0.05) is 24.3 Å². The van der Waals surface area contributed by atoms with Crippen LogP contribution in [-0.4, -0.2) is 26.1 Å². The maximum Gasteiger partial charge on any atom is 0.417 e. The van der Waals surface area contributed by atoms with Gasteiger partial charge in [-0.2, -0.15) is 28.0 Å². The van der Waals surface area contributed by atoms with Crippen molar-refractivity contribution < 1.29 is 13.2 Å². The van der Waals surface area contributed by atoms with Crippen LogP contribution < -0.4 is 0 Å². The summed E-state index contributed by atoms with van der Waals surface area (Å²) in [6.45, 7) is 0. The number of alkyl halides is 3. The lowest BCUT2D eigenvalue weighted by Crippen LogP contribution is -2.09. The van der Waals surface area contributed by atoms with E-state index in [2.05, 4.69) is 20.3 Å². The molecule has 0 saturated carbocycles. The fourth-order valence-electron chi connectivity index (χ4n) is 2.05. The van der Waals surface area contributed by atoms with Crippen molar-refractivity contribution in [3.8, 4) is 11.5 Å². The Morgan fingerprint density at radius 2 is 1.88 bits per heavy atom. The van der Waals surface area contributed by atoms with Crippen LogP contribution in [-0.2, 0) is 6.18 Å². The summed E-state index contributed by atoms with van der Waals surface area (Å²) >= 11 is 5.08. The van der Waals surface area contributed by atoms with Crippen LogP contribution in [0.5, 0.6) is 0 Å². The van der Waals surface area contributed by atoms with Gasteiger partial charge in [0.2, 0.25) is 10.6 Å². The predicted octanol–water partition coefficient (Wildman–Crippen LogP) is 3.90. The number of aromatic amines is 1. The first-order valence-corrected chi connectivity index (χ1v) is 7.17. The fourth-order valence-corrected chi connectivity index (χ4v) is 2.23. The van der Waals surface area contributed by atoms with Crippen LogP contribution in [0.3, 0.4) is 0 Å². The molecule has 1 N–H and O–H groups in total. The number of hydrogen-bond donors (Lipinski definition) is 1. The maximum atomic E-state index is 13.0. The number of nitrogens with one attached hydrogen (secondary N) is 1. The minimum absolute atomic E-state index is 0.0694. The molecular weight excluding hydrogens is 339 g/mol. The quantitative estimate of drug-likeness (QED) is 0.576. The summed E-state index contributed by atoms with van der Waals surface area (Å²) < 4.78 is 40.4. The van der Waals surface area contributed by atoms with E-state index in [1.807, 2.05) is 0 Å². The van der Waals surface area contributed by atoms with Gasteiger partial charge >= 0.3 is 6.18 Å². The second-order valence-corrected chi connectivity index (χ2v) is 5.10. The van der Waals surface area contributed by atoms with Crippen LogP contribution >= 0.6 is 12.2 Å². The van der Waals surface area contributed by atoms with Crippen LogP contribution in [0.1, 0.15) is 11.1 Å². The van der Waals surface area contributed by atoms with Crippen molar-refractivity contribution in [3.05, 3.63) is 64.6 Å². The number of aromatic nitrogens is 4. The zero-order valence-electron chi connectivity index (χ0n) is 12.0. The standard InChI is InChI=1S/C15H10F3N5S/c16-15(17,18)11-6-2-1-5-10(11)9-20-23-13(21-22-14(23)24)12-7-3-4-8-19-12/h1-9H,(H,22,24). The topological polar surface area (TPSA) is 58.9 Å². The van der Waals surface area contributed by atoms with Gasteiger partial charge in [0.1, 0.15) is 5.69 Å². The summed E-state index contributed by atoms with van der Waals surface area (Å²) in [5.74, 6) is 0.307. The smallest absolute Gasteiger partial charge is 0.253 e. The maximum absolute atomic E-state index is 13.0. The molecule has 0 amide bonds. The highest BCUT2D eigenvalue weighted by Gasteiger charge is 2.32. The highest BCUT2D eigenvalue weighted by molar-refractivity contribution is 7.71. The molecule has 0 radical (unpaired) electrons. The summed E-state index contributed by atoms with van der Waals surface area (Å²) in [5.41, 5.74) is -0.352. The largest absolute Gasteiger partial charge is 0.417 e. The molecule has 5 nitrogen and oxygen atoms in total. The first-order valence-electron chi connectivity index (χ1n) is 6.76. The Morgan fingerprint density at radius 1 is 1.12 bits per heavy atom. The molecule has 0 aliphatic rings. The number of nitrogens with zero attached hydrogens (tertiary/aromatic N) is 4. The molecule has 0 saturated heterocycles. The molecular formula is C15H10F3N5S. The van der Waals surface area contributed by atoms with E-state index in [0.29, 0.717) is 11.5 Å². The second-order valence-electron chi connectivity index (χ2n) is 4.71. The van der Waals surface area contributed by atoms with E-state index in [-0.39, 0.29) is 10.3 Å². The first-order chi connectivity index (χ1) is 11.5. The molecule has 0 aliphatic heterocycles. The van der Waals surface area contributed by atoms with E-state index in [1.165, 1.54) is 22.9 Å². The van der Waals surface area contributed by atoms with Crippen molar-refractivity contribution >= 4 is 18.4 Å². The van der Waals surface area contributed by atoms with Gasteiger partial charge in [0.05, 0.1) is 11.8 Å². The monoisotopic (exact) mass is 349 g/mol. The lowest BCUT2D eigenvalue weighted by molar-refractivity contribution is -0.137. The number of rotatable bonds is 3. The Hall–Kier alpha value is -2.81. The average Bonchev–Trinajstić information content (AvgIpc) is 2.94. The number of halogens is 3. The summed E-state index contributed by atoms with van der Waals surface area (Å²) in [5, 5.41) is 10.6. The number of hydrogen-bond acceptors (Lipinski definition) is 4. The highest BCUT2D eigenvalue weighted by atomic mass is 32.1. The van der Waals surface area contributed by atoms with Crippen LogP contribution in [0.4, 0.5) is 13.2 Å². The van der Waals surface area contributed by atoms with Gasteiger partial charge in [0.15, 0.2) is 0 Å². The number of benzene rings is 1. The zero-order chi connectivity index (χ0) is 17.2. The van der Waals surface area contributed by atoms with E-state index in [9.17, 15) is 13.2 Å². The van der Waals surface area contributed by atoms with Crippen molar-refractivity contribution in [3.63, 3.8) is 0 Å². The van der Waals surface area contributed by atoms with E-state index >= 15 is 0 Å². The van der Waals surface area contributed by atoms with Crippen LogP contribution in [0, 0.1) is 4.77 Å². The third kappa shape index (κ3) is 3.25. The summed E-state index contributed by atoms with van der Waals surface area (Å²) in [7, 11) is 0. The van der Waals surface area contributed by atoms with Gasteiger partial charge < -0.3 is 0 Å². The van der Waals surface area contributed by atoms with Gasteiger partial charge in [-0.05, 0) is 30.4 Å². The molecule has 24 heavy (non-hydrogen) atoms. The molecule has 9 heteroatoms. The third-order valence-corrected chi connectivity index (χ3v) is 3.39. The molecule has 0 unspecified atom stereocenters. The number of H-pyrrole nitrogens is 1. The second kappa shape index (κ2) is 6.36. The molecule has 0 spiro atoms. The van der Waals surface area contributed by atoms with E-state index < -0.39 is 11.7 Å². The number of pyridine rings is 1. The Kier molecular flexibility index (Phi) is 4.26. The van der Waals surface area contributed by atoms with Crippen LogP contribution in [0.25, 0.3) is 11.5 Å². The molecule has 2 aromatic heterocycles. The third-order valence-electron chi connectivity index (χ3n) is 3.12. The van der Waals surface area contributed by atoms with Crippen molar-refractivity contribution in [2.24, 2.45) is 5.10 Å². The Balaban J connectivity index is 2.04. The van der Waals surface area contributed by atoms with Gasteiger partial charge in [-0.3, -0.25) is 4.98 Å². The molecule has 122 valence electrons. The lowest BCUT2D eigenvalue weighted by atomic mass is 10.1. The van der Waals surface area contributed by atoms with Gasteiger partial charge in [-0.25, -0.2) is 5.10 Å². The molecule has 0 aliphatic carbocycles. The lowest BCUT2D eigenvalue weighted by Gasteiger charge is -2.09. The molecule has 0 atom stereocenters. The van der Waals surface area contributed by atoms with E-state index in [1.54, 1.807) is 24.4 Å². The average molecular weight is 349 g/mol. The Labute approximate surface area is 139 Å². The normalized spacial score (nSPS) is 12.0. The summed E-state index contributed by atoms with van der Waals surface area (Å²) in [4.78, 5) is 4.13. The molecule has 0 bridgehead atoms.